The monoisotopic (exact) mass is 250 g/mol. The van der Waals surface area contributed by atoms with Crippen molar-refractivity contribution in [1.29, 1.82) is 0 Å². The quantitative estimate of drug-likeness (QED) is 0.846. The number of halogens is 1. The molecule has 0 radical (unpaired) electrons. The molecular weight excluding hydrogens is 231 g/mol. The van der Waals surface area contributed by atoms with E-state index in [0.717, 1.165) is 19.4 Å². The van der Waals surface area contributed by atoms with Crippen LogP contribution in [-0.4, -0.2) is 18.5 Å². The van der Waals surface area contributed by atoms with Gasteiger partial charge in [0.1, 0.15) is 5.82 Å². The number of aryl methyl sites for hydroxylation is 1. The van der Waals surface area contributed by atoms with Crippen LogP contribution in [0.2, 0.25) is 0 Å². The lowest BCUT2D eigenvalue weighted by Crippen LogP contribution is -2.40. The van der Waals surface area contributed by atoms with Gasteiger partial charge in [0.2, 0.25) is 5.91 Å². The number of anilines is 1. The molecule has 0 bridgehead atoms. The highest BCUT2D eigenvalue weighted by molar-refractivity contribution is 5.92. The molecule has 4 heteroatoms. The van der Waals surface area contributed by atoms with Crippen LogP contribution in [0, 0.1) is 18.7 Å². The van der Waals surface area contributed by atoms with Crippen LogP contribution in [0.4, 0.5) is 10.1 Å². The van der Waals surface area contributed by atoms with Crippen LogP contribution < -0.4 is 10.6 Å². The van der Waals surface area contributed by atoms with E-state index < -0.39 is 0 Å². The number of rotatable bonds is 2. The highest BCUT2D eigenvalue weighted by Crippen LogP contribution is 2.19. The SMILES string of the molecule is Cc1cc(NC(=O)C2CCNC(C)C2)ccc1F. The van der Waals surface area contributed by atoms with Crippen LogP contribution in [0.25, 0.3) is 0 Å². The maximum absolute atomic E-state index is 13.1. The van der Waals surface area contributed by atoms with Gasteiger partial charge in [-0.3, -0.25) is 4.79 Å². The van der Waals surface area contributed by atoms with Gasteiger partial charge in [-0.05, 0) is 57.0 Å². The van der Waals surface area contributed by atoms with Gasteiger partial charge in [0.15, 0.2) is 0 Å². The molecule has 1 aliphatic rings. The first kappa shape index (κ1) is 13.0. The van der Waals surface area contributed by atoms with Gasteiger partial charge in [0.05, 0.1) is 0 Å². The second-order valence-electron chi connectivity index (χ2n) is 5.03. The van der Waals surface area contributed by atoms with E-state index in [1.165, 1.54) is 6.07 Å². The van der Waals surface area contributed by atoms with Gasteiger partial charge in [0, 0.05) is 17.6 Å². The van der Waals surface area contributed by atoms with E-state index in [-0.39, 0.29) is 17.6 Å². The number of benzene rings is 1. The Hall–Kier alpha value is -1.42. The van der Waals surface area contributed by atoms with Crippen LogP contribution in [-0.2, 0) is 4.79 Å². The normalized spacial score (nSPS) is 23.7. The summed E-state index contributed by atoms with van der Waals surface area (Å²) in [6.45, 7) is 4.65. The summed E-state index contributed by atoms with van der Waals surface area (Å²) in [6, 6.07) is 5.03. The van der Waals surface area contributed by atoms with Crippen molar-refractivity contribution in [2.75, 3.05) is 11.9 Å². The van der Waals surface area contributed by atoms with Gasteiger partial charge in [-0.2, -0.15) is 0 Å². The van der Waals surface area contributed by atoms with Crippen LogP contribution in [0.5, 0.6) is 0 Å². The molecule has 1 aliphatic heterocycles. The van der Waals surface area contributed by atoms with Gasteiger partial charge >= 0.3 is 0 Å². The largest absolute Gasteiger partial charge is 0.326 e. The molecule has 1 saturated heterocycles. The minimum atomic E-state index is -0.247. The van der Waals surface area contributed by atoms with E-state index in [1.54, 1.807) is 19.1 Å². The molecule has 0 saturated carbocycles. The Morgan fingerprint density at radius 1 is 1.50 bits per heavy atom. The van der Waals surface area contributed by atoms with Crippen molar-refractivity contribution in [3.63, 3.8) is 0 Å². The zero-order valence-corrected chi connectivity index (χ0v) is 10.8. The molecule has 0 aliphatic carbocycles. The van der Waals surface area contributed by atoms with Gasteiger partial charge < -0.3 is 10.6 Å². The Morgan fingerprint density at radius 2 is 2.28 bits per heavy atom. The Kier molecular flexibility index (Phi) is 3.97. The van der Waals surface area contributed by atoms with E-state index >= 15 is 0 Å². The minimum absolute atomic E-state index is 0.0364. The Bertz CT molecular complexity index is 447. The van der Waals surface area contributed by atoms with Crippen LogP contribution >= 0.6 is 0 Å². The standard InChI is InChI=1S/C14H19FN2O/c1-9-7-12(3-4-13(9)15)17-14(18)11-5-6-16-10(2)8-11/h3-4,7,10-11,16H,5-6,8H2,1-2H3,(H,17,18). The van der Waals surface area contributed by atoms with Gasteiger partial charge in [-0.1, -0.05) is 0 Å². The third-order valence-electron chi connectivity index (χ3n) is 3.42. The zero-order valence-electron chi connectivity index (χ0n) is 10.8. The predicted octanol–water partition coefficient (Wildman–Crippen LogP) is 2.46. The number of hydrogen-bond donors (Lipinski definition) is 2. The van der Waals surface area contributed by atoms with Crippen molar-refractivity contribution in [1.82, 2.24) is 5.32 Å². The summed E-state index contributed by atoms with van der Waals surface area (Å²) in [7, 11) is 0. The third-order valence-corrected chi connectivity index (χ3v) is 3.42. The summed E-state index contributed by atoms with van der Waals surface area (Å²) in [5, 5.41) is 6.18. The van der Waals surface area contributed by atoms with Crippen LogP contribution in [0.1, 0.15) is 25.3 Å². The fourth-order valence-corrected chi connectivity index (χ4v) is 2.34. The van der Waals surface area contributed by atoms with Crippen molar-refractivity contribution in [3.05, 3.63) is 29.6 Å². The maximum Gasteiger partial charge on any atom is 0.227 e. The van der Waals surface area contributed by atoms with E-state index in [0.29, 0.717) is 17.3 Å². The molecule has 1 aromatic carbocycles. The number of carbonyl (C=O) groups is 1. The van der Waals surface area contributed by atoms with E-state index in [2.05, 4.69) is 17.6 Å². The van der Waals surface area contributed by atoms with Gasteiger partial charge in [-0.15, -0.1) is 0 Å². The first-order chi connectivity index (χ1) is 8.56. The minimum Gasteiger partial charge on any atom is -0.326 e. The van der Waals surface area contributed by atoms with Crippen molar-refractivity contribution in [3.8, 4) is 0 Å². The molecule has 1 fully saturated rings. The first-order valence-electron chi connectivity index (χ1n) is 6.36. The molecule has 3 nitrogen and oxygen atoms in total. The van der Waals surface area contributed by atoms with E-state index in [1.807, 2.05) is 0 Å². The molecule has 0 aromatic heterocycles. The highest BCUT2D eigenvalue weighted by atomic mass is 19.1. The van der Waals surface area contributed by atoms with Gasteiger partial charge in [0.25, 0.3) is 0 Å². The third kappa shape index (κ3) is 3.07. The molecule has 2 atom stereocenters. The first-order valence-corrected chi connectivity index (χ1v) is 6.36. The number of carbonyl (C=O) groups excluding carboxylic acids is 1. The van der Waals surface area contributed by atoms with Crippen molar-refractivity contribution in [2.45, 2.75) is 32.7 Å². The van der Waals surface area contributed by atoms with Crippen LogP contribution in [0.15, 0.2) is 18.2 Å². The molecule has 18 heavy (non-hydrogen) atoms. The number of amides is 1. The van der Waals surface area contributed by atoms with Gasteiger partial charge in [-0.25, -0.2) is 4.39 Å². The summed E-state index contributed by atoms with van der Waals surface area (Å²) >= 11 is 0. The summed E-state index contributed by atoms with van der Waals surface area (Å²) in [4.78, 5) is 12.1. The molecule has 1 aromatic rings. The van der Waals surface area contributed by atoms with Crippen molar-refractivity contribution >= 4 is 11.6 Å². The lowest BCUT2D eigenvalue weighted by molar-refractivity contribution is -0.120. The summed E-state index contributed by atoms with van der Waals surface area (Å²) in [6.07, 6.45) is 1.71. The Morgan fingerprint density at radius 3 is 2.94 bits per heavy atom. The lowest BCUT2D eigenvalue weighted by atomic mass is 9.92. The predicted molar refractivity (Wildman–Crippen MR) is 70.0 cm³/mol. The number of piperidine rings is 1. The van der Waals surface area contributed by atoms with Crippen molar-refractivity contribution in [2.24, 2.45) is 5.92 Å². The second kappa shape index (κ2) is 5.48. The number of hydrogen-bond acceptors (Lipinski definition) is 2. The fraction of sp³-hybridized carbons (Fsp3) is 0.500. The maximum atomic E-state index is 13.1. The second-order valence-corrected chi connectivity index (χ2v) is 5.03. The molecule has 1 heterocycles. The smallest absolute Gasteiger partial charge is 0.227 e. The molecular formula is C14H19FN2O. The van der Waals surface area contributed by atoms with Crippen molar-refractivity contribution < 1.29 is 9.18 Å². The fourth-order valence-electron chi connectivity index (χ4n) is 2.34. The molecule has 2 rings (SSSR count). The zero-order chi connectivity index (χ0) is 13.1. The molecule has 1 amide bonds. The number of nitrogens with one attached hydrogen (secondary N) is 2. The van der Waals surface area contributed by atoms with Crippen LogP contribution in [0.3, 0.4) is 0 Å². The molecule has 0 spiro atoms. The summed E-state index contributed by atoms with van der Waals surface area (Å²) in [5.74, 6) is -0.163. The molecule has 98 valence electrons. The molecule has 2 N–H and O–H groups in total. The highest BCUT2D eigenvalue weighted by Gasteiger charge is 2.24. The van der Waals surface area contributed by atoms with E-state index in [9.17, 15) is 9.18 Å². The Labute approximate surface area is 107 Å². The van der Waals surface area contributed by atoms with E-state index in [4.69, 9.17) is 0 Å². The Balaban J connectivity index is 2.00. The molecule has 2 unspecified atom stereocenters. The summed E-state index contributed by atoms with van der Waals surface area (Å²) < 4.78 is 13.1. The average Bonchev–Trinajstić information content (AvgIpc) is 2.34. The average molecular weight is 250 g/mol. The topological polar surface area (TPSA) is 41.1 Å². The summed E-state index contributed by atoms with van der Waals surface area (Å²) in [5.41, 5.74) is 1.22. The lowest BCUT2D eigenvalue weighted by Gasteiger charge is -2.27.